The Bertz CT molecular complexity index is 921. The number of nitrogens with two attached hydrogens (primary N) is 1. The molecule has 0 saturated carbocycles. The van der Waals surface area contributed by atoms with E-state index in [0.29, 0.717) is 41.6 Å². The van der Waals surface area contributed by atoms with Crippen LogP contribution in [-0.2, 0) is 0 Å². The van der Waals surface area contributed by atoms with Gasteiger partial charge in [-0.2, -0.15) is 4.52 Å². The minimum atomic E-state index is -0.170. The van der Waals surface area contributed by atoms with Crippen molar-refractivity contribution in [3.05, 3.63) is 67.4 Å². The van der Waals surface area contributed by atoms with Gasteiger partial charge in [-0.1, -0.05) is 18.2 Å². The zero-order valence-corrected chi connectivity index (χ0v) is 13.7. The molecule has 0 fully saturated rings. The van der Waals surface area contributed by atoms with Crippen LogP contribution in [0.25, 0.3) is 17.2 Å². The Hall–Kier alpha value is -3.48. The molecule has 0 spiro atoms. The van der Waals surface area contributed by atoms with Crippen molar-refractivity contribution in [3.63, 3.8) is 0 Å². The molecule has 126 valence electrons. The first-order valence-corrected chi connectivity index (χ1v) is 7.73. The first kappa shape index (κ1) is 16.4. The summed E-state index contributed by atoms with van der Waals surface area (Å²) in [5, 5.41) is 4.36. The van der Waals surface area contributed by atoms with E-state index in [1.807, 2.05) is 18.2 Å². The van der Waals surface area contributed by atoms with Crippen LogP contribution in [0.1, 0.15) is 10.4 Å². The van der Waals surface area contributed by atoms with E-state index in [1.54, 1.807) is 35.4 Å². The van der Waals surface area contributed by atoms with E-state index >= 15 is 0 Å². The number of fused-ring (bicyclic) bond motifs is 1. The normalized spacial score (nSPS) is 10.6. The van der Waals surface area contributed by atoms with Crippen LogP contribution in [0.3, 0.4) is 0 Å². The monoisotopic (exact) mass is 334 g/mol. The van der Waals surface area contributed by atoms with Crippen LogP contribution in [0.5, 0.6) is 0 Å². The molecule has 0 saturated heterocycles. The van der Waals surface area contributed by atoms with Gasteiger partial charge in [0.1, 0.15) is 11.5 Å². The molecular formula is C18H18N6O. The number of hydrogen-bond donors (Lipinski definition) is 1. The molecule has 25 heavy (non-hydrogen) atoms. The highest BCUT2D eigenvalue weighted by Crippen LogP contribution is 2.18. The maximum Gasteiger partial charge on any atom is 0.254 e. The number of hydrogen-bond acceptors (Lipinski definition) is 5. The molecule has 0 bridgehead atoms. The second-order valence-corrected chi connectivity index (χ2v) is 5.38. The third kappa shape index (κ3) is 3.25. The quantitative estimate of drug-likeness (QED) is 0.698. The van der Waals surface area contributed by atoms with Crippen molar-refractivity contribution >= 4 is 17.4 Å². The van der Waals surface area contributed by atoms with Gasteiger partial charge in [0.25, 0.3) is 5.91 Å². The van der Waals surface area contributed by atoms with Gasteiger partial charge >= 0.3 is 0 Å². The number of anilines is 1. The maximum absolute atomic E-state index is 12.7. The summed E-state index contributed by atoms with van der Waals surface area (Å²) in [6.07, 6.45) is 5.00. The number of nitrogen functional groups attached to an aromatic ring is 1. The molecule has 3 heterocycles. The number of amides is 1. The lowest BCUT2D eigenvalue weighted by atomic mass is 10.2. The Morgan fingerprint density at radius 3 is 2.64 bits per heavy atom. The highest BCUT2D eigenvalue weighted by molar-refractivity contribution is 5.96. The van der Waals surface area contributed by atoms with Crippen molar-refractivity contribution in [2.45, 2.75) is 0 Å². The highest BCUT2D eigenvalue weighted by atomic mass is 16.2. The van der Waals surface area contributed by atoms with Crippen molar-refractivity contribution in [1.29, 1.82) is 0 Å². The number of pyridine rings is 2. The fraction of sp³-hybridized carbons (Fsp3) is 0.111. The van der Waals surface area contributed by atoms with Crippen LogP contribution in [0.2, 0.25) is 0 Å². The molecule has 0 aliphatic rings. The topological polar surface area (TPSA) is 89.4 Å². The molecule has 3 aromatic heterocycles. The average Bonchev–Trinajstić information content (AvgIpc) is 3.06. The second-order valence-electron chi connectivity index (χ2n) is 5.38. The van der Waals surface area contributed by atoms with Gasteiger partial charge in [-0.25, -0.2) is 4.98 Å². The molecule has 0 aliphatic carbocycles. The van der Waals surface area contributed by atoms with Gasteiger partial charge in [0.15, 0.2) is 5.65 Å². The van der Waals surface area contributed by atoms with Crippen molar-refractivity contribution in [2.75, 3.05) is 18.8 Å². The minimum absolute atomic E-state index is 0.170. The van der Waals surface area contributed by atoms with Gasteiger partial charge in [0.2, 0.25) is 5.82 Å². The largest absolute Gasteiger partial charge is 0.384 e. The van der Waals surface area contributed by atoms with Gasteiger partial charge < -0.3 is 10.6 Å². The molecular weight excluding hydrogens is 316 g/mol. The summed E-state index contributed by atoms with van der Waals surface area (Å²) < 4.78 is 1.49. The Balaban J connectivity index is 2.02. The summed E-state index contributed by atoms with van der Waals surface area (Å²) in [5.74, 6) is 0.606. The first-order valence-electron chi connectivity index (χ1n) is 7.73. The van der Waals surface area contributed by atoms with Crippen LogP contribution in [0, 0.1) is 0 Å². The third-order valence-corrected chi connectivity index (χ3v) is 3.59. The van der Waals surface area contributed by atoms with E-state index in [9.17, 15) is 4.79 Å². The minimum Gasteiger partial charge on any atom is -0.384 e. The molecule has 0 aliphatic heterocycles. The van der Waals surface area contributed by atoms with Crippen LogP contribution in [0.4, 0.5) is 5.82 Å². The fourth-order valence-electron chi connectivity index (χ4n) is 2.47. The predicted molar refractivity (Wildman–Crippen MR) is 96.9 cm³/mol. The smallest absolute Gasteiger partial charge is 0.254 e. The molecule has 0 atom stereocenters. The molecule has 7 heteroatoms. The van der Waals surface area contributed by atoms with E-state index in [2.05, 4.69) is 28.2 Å². The van der Waals surface area contributed by atoms with E-state index in [1.165, 1.54) is 4.52 Å². The third-order valence-electron chi connectivity index (χ3n) is 3.59. The second kappa shape index (κ2) is 6.96. The SMILES string of the molecule is C=CCN(CC=C)C(=O)c1cc(N)n2nc(-c3ccccn3)nc2c1. The molecule has 1 amide bonds. The first-order chi connectivity index (χ1) is 12.1. The Labute approximate surface area is 145 Å². The van der Waals surface area contributed by atoms with Crippen molar-refractivity contribution < 1.29 is 4.79 Å². The molecule has 0 unspecified atom stereocenters. The summed E-state index contributed by atoms with van der Waals surface area (Å²) in [6.45, 7) is 8.19. The molecule has 7 nitrogen and oxygen atoms in total. The number of carbonyl (C=O) groups is 1. The maximum atomic E-state index is 12.7. The Kier molecular flexibility index (Phi) is 4.56. The zero-order valence-electron chi connectivity index (χ0n) is 13.7. The number of aromatic nitrogens is 4. The van der Waals surface area contributed by atoms with E-state index in [4.69, 9.17) is 5.73 Å². The number of rotatable bonds is 6. The summed E-state index contributed by atoms with van der Waals surface area (Å²) in [4.78, 5) is 23.0. The highest BCUT2D eigenvalue weighted by Gasteiger charge is 2.17. The van der Waals surface area contributed by atoms with Crippen LogP contribution in [-0.4, -0.2) is 43.5 Å². The predicted octanol–water partition coefficient (Wildman–Crippen LogP) is 2.19. The van der Waals surface area contributed by atoms with Crippen LogP contribution >= 0.6 is 0 Å². The fourth-order valence-corrected chi connectivity index (χ4v) is 2.47. The molecule has 0 radical (unpaired) electrons. The average molecular weight is 334 g/mol. The van der Waals surface area contributed by atoms with Gasteiger partial charge in [0.05, 0.1) is 0 Å². The number of nitrogens with zero attached hydrogens (tertiary/aromatic N) is 5. The summed E-state index contributed by atoms with van der Waals surface area (Å²) in [6, 6.07) is 8.74. The molecule has 3 aromatic rings. The lowest BCUT2D eigenvalue weighted by Crippen LogP contribution is -2.31. The van der Waals surface area contributed by atoms with Gasteiger partial charge in [-0.3, -0.25) is 9.78 Å². The summed E-state index contributed by atoms with van der Waals surface area (Å²) in [5.41, 5.74) is 7.63. The van der Waals surface area contributed by atoms with E-state index < -0.39 is 0 Å². The Morgan fingerprint density at radius 2 is 2.00 bits per heavy atom. The van der Waals surface area contributed by atoms with Crippen LogP contribution in [0.15, 0.2) is 61.8 Å². The van der Waals surface area contributed by atoms with E-state index in [0.717, 1.165) is 0 Å². The van der Waals surface area contributed by atoms with Gasteiger partial charge in [-0.15, -0.1) is 18.3 Å². The van der Waals surface area contributed by atoms with Crippen molar-refractivity contribution in [3.8, 4) is 11.5 Å². The molecule has 0 aromatic carbocycles. The Morgan fingerprint density at radius 1 is 1.24 bits per heavy atom. The number of carbonyl (C=O) groups excluding carboxylic acids is 1. The molecule has 3 rings (SSSR count). The van der Waals surface area contributed by atoms with Crippen LogP contribution < -0.4 is 5.73 Å². The lowest BCUT2D eigenvalue weighted by Gasteiger charge is -2.19. The molecule has 2 N–H and O–H groups in total. The van der Waals surface area contributed by atoms with Gasteiger partial charge in [0, 0.05) is 24.8 Å². The van der Waals surface area contributed by atoms with Crippen molar-refractivity contribution in [1.82, 2.24) is 24.5 Å². The lowest BCUT2D eigenvalue weighted by molar-refractivity contribution is 0.0791. The standard InChI is InChI=1S/C18H18N6O/c1-3-9-23(10-4-2)18(25)13-11-15(19)24-16(12-13)21-17(22-24)14-7-5-6-8-20-14/h3-8,11-12H,1-2,9-10,19H2. The summed E-state index contributed by atoms with van der Waals surface area (Å²) >= 11 is 0. The summed E-state index contributed by atoms with van der Waals surface area (Å²) in [7, 11) is 0. The van der Waals surface area contributed by atoms with Gasteiger partial charge in [-0.05, 0) is 24.3 Å². The van der Waals surface area contributed by atoms with Crippen molar-refractivity contribution in [2.24, 2.45) is 0 Å². The van der Waals surface area contributed by atoms with E-state index in [-0.39, 0.29) is 5.91 Å². The zero-order chi connectivity index (χ0) is 17.8.